The van der Waals surface area contributed by atoms with Gasteiger partial charge in [0.25, 0.3) is 11.8 Å². The highest BCUT2D eigenvalue weighted by Crippen LogP contribution is 2.29. The van der Waals surface area contributed by atoms with Gasteiger partial charge in [-0.25, -0.2) is 4.98 Å². The van der Waals surface area contributed by atoms with Gasteiger partial charge < -0.3 is 10.2 Å². The molecule has 0 bridgehead atoms. The lowest BCUT2D eigenvalue weighted by atomic mass is 9.94. The Labute approximate surface area is 200 Å². The van der Waals surface area contributed by atoms with Crippen LogP contribution in [0.5, 0.6) is 0 Å². The van der Waals surface area contributed by atoms with Crippen LogP contribution in [-0.2, 0) is 0 Å². The number of amides is 2. The van der Waals surface area contributed by atoms with Gasteiger partial charge in [-0.3, -0.25) is 14.0 Å². The van der Waals surface area contributed by atoms with Crippen LogP contribution in [0.15, 0.2) is 54.0 Å². The number of hydrogen-bond donors (Lipinski definition) is 1. The number of nitrogens with zero attached hydrogens (tertiary/aromatic N) is 3. The summed E-state index contributed by atoms with van der Waals surface area (Å²) in [5.41, 5.74) is 5.37. The van der Waals surface area contributed by atoms with Crippen LogP contribution in [-0.4, -0.2) is 45.2 Å². The summed E-state index contributed by atoms with van der Waals surface area (Å²) in [6.45, 7) is 5.19. The van der Waals surface area contributed by atoms with Crippen molar-refractivity contribution in [2.75, 3.05) is 13.1 Å². The van der Waals surface area contributed by atoms with Gasteiger partial charge in [-0.05, 0) is 48.6 Å². The number of carbonyl (C=O) groups is 2. The Balaban J connectivity index is 1.31. The molecule has 0 radical (unpaired) electrons. The molecular weight excluding hydrogens is 456 g/mol. The van der Waals surface area contributed by atoms with Crippen molar-refractivity contribution in [2.24, 2.45) is 0 Å². The number of likely N-dealkylation sites (tertiary alicyclic amines) is 1. The number of benzene rings is 2. The summed E-state index contributed by atoms with van der Waals surface area (Å²) in [5, 5.41) is 4.97. The Morgan fingerprint density at radius 3 is 2.76 bits per heavy atom. The van der Waals surface area contributed by atoms with E-state index < -0.39 is 0 Å². The molecule has 2 aromatic carbocycles. The van der Waals surface area contributed by atoms with Crippen molar-refractivity contribution in [3.63, 3.8) is 0 Å². The van der Waals surface area contributed by atoms with E-state index in [0.717, 1.165) is 17.5 Å². The molecule has 1 atom stereocenters. The van der Waals surface area contributed by atoms with Gasteiger partial charge >= 0.3 is 0 Å². The van der Waals surface area contributed by atoms with E-state index in [2.05, 4.69) is 42.3 Å². The smallest absolute Gasteiger partial charge is 0.271 e. The van der Waals surface area contributed by atoms with Gasteiger partial charge in [0.2, 0.25) is 0 Å². The van der Waals surface area contributed by atoms with Gasteiger partial charge in [-0.2, -0.15) is 0 Å². The Kier molecular flexibility index (Phi) is 5.68. The third-order valence-corrected chi connectivity index (χ3v) is 7.33. The lowest BCUT2D eigenvalue weighted by Gasteiger charge is -2.41. The fraction of sp³-hybridized carbons (Fsp3) is 0.240. The summed E-state index contributed by atoms with van der Waals surface area (Å²) in [6, 6.07) is 13.9. The minimum absolute atomic E-state index is 0.0167. The van der Waals surface area contributed by atoms with Crippen LogP contribution in [0.2, 0.25) is 5.15 Å². The molecule has 1 N–H and O–H groups in total. The molecule has 0 saturated carbocycles. The predicted octanol–water partition coefficient (Wildman–Crippen LogP) is 4.98. The van der Waals surface area contributed by atoms with Crippen molar-refractivity contribution in [1.82, 2.24) is 19.6 Å². The number of aromatic nitrogens is 2. The van der Waals surface area contributed by atoms with Crippen molar-refractivity contribution in [1.29, 1.82) is 0 Å². The summed E-state index contributed by atoms with van der Waals surface area (Å²) in [5.74, 6) is -0.308. The van der Waals surface area contributed by atoms with Gasteiger partial charge in [-0.1, -0.05) is 48.0 Å². The Morgan fingerprint density at radius 2 is 2.00 bits per heavy atom. The average molecular weight is 479 g/mol. The fourth-order valence-corrected chi connectivity index (χ4v) is 5.18. The lowest BCUT2D eigenvalue weighted by molar-refractivity contribution is 0.0456. The molecule has 0 aliphatic carbocycles. The van der Waals surface area contributed by atoms with Gasteiger partial charge in [0.05, 0.1) is 6.04 Å². The molecule has 1 aliphatic rings. The largest absolute Gasteiger partial charge is 0.349 e. The monoisotopic (exact) mass is 478 g/mol. The summed E-state index contributed by atoms with van der Waals surface area (Å²) >= 11 is 7.59. The molecule has 5 rings (SSSR count). The van der Waals surface area contributed by atoms with Gasteiger partial charge in [0.1, 0.15) is 0 Å². The number of aryl methyl sites for hydroxylation is 2. The predicted molar refractivity (Wildman–Crippen MR) is 131 cm³/mol. The van der Waals surface area contributed by atoms with Crippen LogP contribution in [0.25, 0.3) is 16.1 Å². The minimum Gasteiger partial charge on any atom is -0.349 e. The highest BCUT2D eigenvalue weighted by Gasteiger charge is 2.34. The van der Waals surface area contributed by atoms with E-state index >= 15 is 0 Å². The van der Waals surface area contributed by atoms with E-state index in [0.29, 0.717) is 29.3 Å². The minimum atomic E-state index is -0.291. The van der Waals surface area contributed by atoms with Crippen LogP contribution >= 0.6 is 22.9 Å². The number of fused-ring (bicyclic) bond motifs is 1. The second-order valence-electron chi connectivity index (χ2n) is 8.30. The normalized spacial score (nSPS) is 15.5. The zero-order valence-corrected chi connectivity index (χ0v) is 19.9. The van der Waals surface area contributed by atoms with Crippen LogP contribution in [0.1, 0.15) is 38.4 Å². The van der Waals surface area contributed by atoms with Gasteiger partial charge in [0, 0.05) is 30.2 Å². The topological polar surface area (TPSA) is 66.7 Å². The summed E-state index contributed by atoms with van der Waals surface area (Å²) < 4.78 is 1.69. The lowest BCUT2D eigenvalue weighted by Crippen LogP contribution is -2.56. The number of hydrogen-bond acceptors (Lipinski definition) is 4. The summed E-state index contributed by atoms with van der Waals surface area (Å²) in [7, 11) is 0. The second kappa shape index (κ2) is 8.65. The molecule has 4 aromatic rings. The van der Waals surface area contributed by atoms with Crippen LogP contribution in [0.3, 0.4) is 0 Å². The third-order valence-electron chi connectivity index (χ3n) is 6.31. The number of imidazole rings is 1. The van der Waals surface area contributed by atoms with Gasteiger partial charge in [-0.15, -0.1) is 11.3 Å². The fourth-order valence-electron chi connectivity index (χ4n) is 4.16. The second-order valence-corrected chi connectivity index (χ2v) is 9.53. The van der Waals surface area contributed by atoms with Gasteiger partial charge in [0.15, 0.2) is 15.8 Å². The zero-order chi connectivity index (χ0) is 23.1. The quantitative estimate of drug-likeness (QED) is 0.440. The molecule has 1 aliphatic heterocycles. The first kappa shape index (κ1) is 21.7. The zero-order valence-electron chi connectivity index (χ0n) is 18.3. The molecule has 2 aromatic heterocycles. The van der Waals surface area contributed by atoms with Crippen LogP contribution in [0, 0.1) is 13.8 Å². The van der Waals surface area contributed by atoms with Crippen molar-refractivity contribution in [3.05, 3.63) is 81.6 Å². The standard InChI is InChI=1S/C25H23ClN4O2S/c1-15-7-8-17(13-16(15)2)19-5-3-4-6-20(19)24(32)29-10-9-18(29)14-27-23(31)21-22(26)28-25-30(21)11-12-33-25/h3-8,11-13,18H,9-10,14H2,1-2H3,(H,27,31)/t18-/m1/s1. The van der Waals surface area contributed by atoms with E-state index in [4.69, 9.17) is 11.6 Å². The van der Waals surface area contributed by atoms with Crippen molar-refractivity contribution in [2.45, 2.75) is 26.3 Å². The Morgan fingerprint density at radius 1 is 1.18 bits per heavy atom. The Hall–Kier alpha value is -3.16. The van der Waals surface area contributed by atoms with E-state index in [-0.39, 0.29) is 23.0 Å². The van der Waals surface area contributed by atoms with E-state index in [1.165, 1.54) is 22.5 Å². The van der Waals surface area contributed by atoms with Crippen molar-refractivity contribution in [3.8, 4) is 11.1 Å². The number of carbonyl (C=O) groups excluding carboxylic acids is 2. The first-order valence-corrected chi connectivity index (χ1v) is 12.1. The molecule has 2 amide bonds. The molecule has 8 heteroatoms. The molecule has 0 spiro atoms. The van der Waals surface area contributed by atoms with E-state index in [1.807, 2.05) is 34.5 Å². The summed E-state index contributed by atoms with van der Waals surface area (Å²) in [6.07, 6.45) is 2.61. The molecule has 1 saturated heterocycles. The molecular formula is C25H23ClN4O2S. The summed E-state index contributed by atoms with van der Waals surface area (Å²) in [4.78, 5) is 32.9. The third kappa shape index (κ3) is 3.92. The first-order chi connectivity index (χ1) is 15.9. The molecule has 168 valence electrons. The van der Waals surface area contributed by atoms with Crippen LogP contribution in [0.4, 0.5) is 0 Å². The number of nitrogens with one attached hydrogen (secondary N) is 1. The first-order valence-electron chi connectivity index (χ1n) is 10.8. The van der Waals surface area contributed by atoms with E-state index in [1.54, 1.807) is 10.6 Å². The molecule has 1 fully saturated rings. The molecule has 0 unspecified atom stereocenters. The maximum absolute atomic E-state index is 13.4. The number of thiazole rings is 1. The Bertz CT molecular complexity index is 1380. The number of rotatable bonds is 5. The molecule has 3 heterocycles. The molecule has 33 heavy (non-hydrogen) atoms. The highest BCUT2D eigenvalue weighted by molar-refractivity contribution is 7.15. The van der Waals surface area contributed by atoms with Crippen molar-refractivity contribution >= 4 is 39.7 Å². The molecule has 6 nitrogen and oxygen atoms in total. The average Bonchev–Trinajstić information content (AvgIpc) is 3.34. The van der Waals surface area contributed by atoms with Crippen LogP contribution < -0.4 is 5.32 Å². The maximum Gasteiger partial charge on any atom is 0.271 e. The highest BCUT2D eigenvalue weighted by atomic mass is 35.5. The van der Waals surface area contributed by atoms with E-state index in [9.17, 15) is 9.59 Å². The SMILES string of the molecule is Cc1ccc(-c2ccccc2C(=O)N2CC[C@@H]2CNC(=O)c2c(Cl)nc3sccn23)cc1C. The maximum atomic E-state index is 13.4. The number of halogens is 1. The van der Waals surface area contributed by atoms with Crippen molar-refractivity contribution < 1.29 is 9.59 Å².